The Morgan fingerprint density at radius 2 is 1.79 bits per heavy atom. The Kier molecular flexibility index (Phi) is 9.26. The molecule has 0 aliphatic carbocycles. The maximum absolute atomic E-state index is 12.7. The lowest BCUT2D eigenvalue weighted by Crippen LogP contribution is -2.43. The lowest BCUT2D eigenvalue weighted by atomic mass is 9.93. The smallest absolute Gasteiger partial charge is 0.256 e. The molecule has 1 aromatic rings. The van der Waals surface area contributed by atoms with E-state index in [1.165, 1.54) is 38.8 Å². The van der Waals surface area contributed by atoms with Gasteiger partial charge in [0.1, 0.15) is 18.0 Å². The van der Waals surface area contributed by atoms with Crippen LogP contribution in [0.1, 0.15) is 59.8 Å². The Bertz CT molecular complexity index is 580. The normalized spacial score (nSPS) is 17.8. The van der Waals surface area contributed by atoms with Crippen LogP contribution in [0, 0.1) is 5.92 Å². The van der Waals surface area contributed by atoms with Crippen LogP contribution in [0.15, 0.2) is 24.3 Å². The molecule has 0 unspecified atom stereocenters. The zero-order chi connectivity index (χ0) is 20.4. The molecule has 158 valence electrons. The molecule has 0 saturated carbocycles. The van der Waals surface area contributed by atoms with Gasteiger partial charge in [-0.2, -0.15) is 0 Å². The number of anilines is 1. The van der Waals surface area contributed by atoms with Gasteiger partial charge >= 0.3 is 0 Å². The van der Waals surface area contributed by atoms with Crippen LogP contribution in [0.3, 0.4) is 0 Å². The van der Waals surface area contributed by atoms with E-state index in [1.54, 1.807) is 0 Å². The first-order valence-electron chi connectivity index (χ1n) is 10.8. The fraction of sp³-hybridized carbons (Fsp3) is 0.696. The van der Waals surface area contributed by atoms with E-state index in [0.717, 1.165) is 18.0 Å². The van der Waals surface area contributed by atoms with Crippen molar-refractivity contribution in [3.63, 3.8) is 0 Å². The zero-order valence-electron chi connectivity index (χ0n) is 18.1. The van der Waals surface area contributed by atoms with E-state index in [9.17, 15) is 4.79 Å². The Labute approximate surface area is 170 Å². The van der Waals surface area contributed by atoms with E-state index in [0.29, 0.717) is 25.6 Å². The summed E-state index contributed by atoms with van der Waals surface area (Å²) in [5.41, 5.74) is -0.0508. The number of benzene rings is 1. The molecule has 1 N–H and O–H groups in total. The first-order valence-corrected chi connectivity index (χ1v) is 10.8. The van der Waals surface area contributed by atoms with Gasteiger partial charge in [0.05, 0.1) is 0 Å². The fourth-order valence-electron chi connectivity index (χ4n) is 3.86. The summed E-state index contributed by atoms with van der Waals surface area (Å²) >= 11 is 0. The molecule has 1 saturated heterocycles. The van der Waals surface area contributed by atoms with Crippen molar-refractivity contribution >= 4 is 11.6 Å². The second-order valence-electron chi connectivity index (χ2n) is 8.34. The van der Waals surface area contributed by atoms with Crippen molar-refractivity contribution in [2.75, 3.05) is 38.2 Å². The molecule has 0 bridgehead atoms. The van der Waals surface area contributed by atoms with Gasteiger partial charge in [0.2, 0.25) is 0 Å². The van der Waals surface area contributed by atoms with E-state index >= 15 is 0 Å². The van der Waals surface area contributed by atoms with Gasteiger partial charge in [0.15, 0.2) is 0 Å². The molecule has 2 rings (SSSR count). The zero-order valence-corrected chi connectivity index (χ0v) is 18.1. The van der Waals surface area contributed by atoms with Crippen molar-refractivity contribution in [3.8, 4) is 5.75 Å². The molecule has 1 amide bonds. The van der Waals surface area contributed by atoms with Crippen molar-refractivity contribution in [1.82, 2.24) is 4.90 Å². The van der Waals surface area contributed by atoms with Crippen LogP contribution in [0.4, 0.5) is 5.69 Å². The Balaban J connectivity index is 1.83. The highest BCUT2D eigenvalue weighted by atomic mass is 16.5. The number of carbonyl (C=O) groups is 1. The minimum atomic E-state index is -0.814. The molecule has 1 fully saturated rings. The summed E-state index contributed by atoms with van der Waals surface area (Å²) < 4.78 is 11.7. The van der Waals surface area contributed by atoms with Gasteiger partial charge in [-0.3, -0.25) is 9.69 Å². The molecule has 5 nitrogen and oxygen atoms in total. The SMILES string of the molecule is CCO[C@](C)(CC(C)C)C(=O)Nc1ccc(OCCN2CCCCCC2)cc1. The third kappa shape index (κ3) is 7.44. The number of amides is 1. The molecule has 28 heavy (non-hydrogen) atoms. The summed E-state index contributed by atoms with van der Waals surface area (Å²) in [6, 6.07) is 7.61. The van der Waals surface area contributed by atoms with Gasteiger partial charge in [-0.05, 0) is 76.4 Å². The van der Waals surface area contributed by atoms with E-state index in [4.69, 9.17) is 9.47 Å². The third-order valence-electron chi connectivity index (χ3n) is 5.23. The largest absolute Gasteiger partial charge is 0.492 e. The van der Waals surface area contributed by atoms with Crippen molar-refractivity contribution in [2.24, 2.45) is 5.92 Å². The maximum atomic E-state index is 12.7. The lowest BCUT2D eigenvalue weighted by molar-refractivity contribution is -0.140. The minimum Gasteiger partial charge on any atom is -0.492 e. The van der Waals surface area contributed by atoms with Crippen LogP contribution in [-0.4, -0.2) is 49.3 Å². The van der Waals surface area contributed by atoms with Crippen molar-refractivity contribution < 1.29 is 14.3 Å². The van der Waals surface area contributed by atoms with E-state index in [-0.39, 0.29) is 5.91 Å². The summed E-state index contributed by atoms with van der Waals surface area (Å²) in [5.74, 6) is 1.11. The quantitative estimate of drug-likeness (QED) is 0.628. The standard InChI is InChI=1S/C23H38N2O3/c1-5-28-23(4,18-19(2)3)22(26)24-20-10-12-21(13-11-20)27-17-16-25-14-8-6-7-9-15-25/h10-13,19H,5-9,14-18H2,1-4H3,(H,24,26)/t23-/m1/s1. The fourth-order valence-corrected chi connectivity index (χ4v) is 3.86. The van der Waals surface area contributed by atoms with E-state index < -0.39 is 5.60 Å². The van der Waals surface area contributed by atoms with Crippen molar-refractivity contribution in [1.29, 1.82) is 0 Å². The van der Waals surface area contributed by atoms with Gasteiger partial charge in [-0.25, -0.2) is 0 Å². The molecule has 5 heteroatoms. The highest BCUT2D eigenvalue weighted by molar-refractivity contribution is 5.97. The summed E-state index contributed by atoms with van der Waals surface area (Å²) in [6.07, 6.45) is 5.98. The number of rotatable bonds is 10. The Hall–Kier alpha value is -1.59. The van der Waals surface area contributed by atoms with Gasteiger partial charge in [-0.15, -0.1) is 0 Å². The number of hydrogen-bond acceptors (Lipinski definition) is 4. The van der Waals surface area contributed by atoms with Gasteiger partial charge < -0.3 is 14.8 Å². The van der Waals surface area contributed by atoms with E-state index in [2.05, 4.69) is 24.1 Å². The summed E-state index contributed by atoms with van der Waals surface area (Å²) in [6.45, 7) is 12.5. The first-order chi connectivity index (χ1) is 13.4. The third-order valence-corrected chi connectivity index (χ3v) is 5.23. The van der Waals surface area contributed by atoms with Gasteiger partial charge in [0, 0.05) is 18.8 Å². The Morgan fingerprint density at radius 3 is 2.36 bits per heavy atom. The first kappa shape index (κ1) is 22.7. The molecule has 0 spiro atoms. The predicted octanol–water partition coefficient (Wildman–Crippen LogP) is 4.72. The van der Waals surface area contributed by atoms with Crippen molar-refractivity contribution in [3.05, 3.63) is 24.3 Å². The van der Waals surface area contributed by atoms with Crippen LogP contribution >= 0.6 is 0 Å². The molecule has 0 aromatic heterocycles. The average molecular weight is 391 g/mol. The topological polar surface area (TPSA) is 50.8 Å². The van der Waals surface area contributed by atoms with Crippen LogP contribution in [0.2, 0.25) is 0 Å². The molecule has 1 aliphatic rings. The molecular formula is C23H38N2O3. The van der Waals surface area contributed by atoms with Crippen molar-refractivity contribution in [2.45, 2.75) is 65.4 Å². The molecular weight excluding hydrogens is 352 g/mol. The highest BCUT2D eigenvalue weighted by Crippen LogP contribution is 2.24. The van der Waals surface area contributed by atoms with Crippen LogP contribution in [0.25, 0.3) is 0 Å². The molecule has 1 aliphatic heterocycles. The molecule has 1 aromatic carbocycles. The maximum Gasteiger partial charge on any atom is 0.256 e. The molecule has 0 radical (unpaired) electrons. The molecule has 1 heterocycles. The number of carbonyl (C=O) groups excluding carboxylic acids is 1. The predicted molar refractivity (Wildman–Crippen MR) is 115 cm³/mol. The number of hydrogen-bond donors (Lipinski definition) is 1. The van der Waals surface area contributed by atoms with E-state index in [1.807, 2.05) is 38.1 Å². The number of nitrogens with one attached hydrogen (secondary N) is 1. The monoisotopic (exact) mass is 390 g/mol. The second kappa shape index (κ2) is 11.4. The molecule has 1 atom stereocenters. The summed E-state index contributed by atoms with van der Waals surface area (Å²) in [5, 5.41) is 2.99. The van der Waals surface area contributed by atoms with Gasteiger partial charge in [0.25, 0.3) is 5.91 Å². The highest BCUT2D eigenvalue weighted by Gasteiger charge is 2.34. The second-order valence-corrected chi connectivity index (χ2v) is 8.34. The lowest BCUT2D eigenvalue weighted by Gasteiger charge is -2.29. The van der Waals surface area contributed by atoms with Crippen LogP contribution in [0.5, 0.6) is 5.75 Å². The van der Waals surface area contributed by atoms with Crippen LogP contribution in [-0.2, 0) is 9.53 Å². The summed E-state index contributed by atoms with van der Waals surface area (Å²) in [4.78, 5) is 15.2. The average Bonchev–Trinajstić information content (AvgIpc) is 2.91. The number of ether oxygens (including phenoxy) is 2. The number of nitrogens with zero attached hydrogens (tertiary/aromatic N) is 1. The number of likely N-dealkylation sites (tertiary alicyclic amines) is 1. The Morgan fingerprint density at radius 1 is 1.14 bits per heavy atom. The van der Waals surface area contributed by atoms with Gasteiger partial charge in [-0.1, -0.05) is 26.7 Å². The minimum absolute atomic E-state index is 0.0992. The summed E-state index contributed by atoms with van der Waals surface area (Å²) in [7, 11) is 0. The van der Waals surface area contributed by atoms with Crippen LogP contribution < -0.4 is 10.1 Å².